The average molecular weight is 503 g/mol. The van der Waals surface area contributed by atoms with Crippen molar-refractivity contribution in [3.05, 3.63) is 18.2 Å². The van der Waals surface area contributed by atoms with Crippen molar-refractivity contribution in [3.8, 4) is 0 Å². The largest absolute Gasteiger partial charge is 0.481 e. The number of hydrogen-bond acceptors (Lipinski definition) is 9. The van der Waals surface area contributed by atoms with Crippen molar-refractivity contribution in [2.45, 2.75) is 49.9 Å². The second-order valence-electron chi connectivity index (χ2n) is 7.12. The minimum Gasteiger partial charge on any atom is -0.481 e. The first-order valence-electron chi connectivity index (χ1n) is 9.85. The second kappa shape index (κ2) is 13.8. The van der Waals surface area contributed by atoms with Crippen molar-refractivity contribution in [2.24, 2.45) is 5.73 Å². The molecule has 1 rings (SSSR count). The molecule has 0 saturated carbocycles. The van der Waals surface area contributed by atoms with Crippen LogP contribution in [0.4, 0.5) is 0 Å². The van der Waals surface area contributed by atoms with Crippen LogP contribution < -0.4 is 21.7 Å². The van der Waals surface area contributed by atoms with Crippen LogP contribution in [0.3, 0.4) is 0 Å². The summed E-state index contributed by atoms with van der Waals surface area (Å²) in [6.07, 6.45) is 0.698. The number of aliphatic carboxylic acids is 3. The third-order valence-electron chi connectivity index (χ3n) is 4.42. The van der Waals surface area contributed by atoms with Crippen LogP contribution in [-0.4, -0.2) is 90.8 Å². The summed E-state index contributed by atoms with van der Waals surface area (Å²) < 4.78 is 0. The number of thiol groups is 1. The second-order valence-corrected chi connectivity index (χ2v) is 7.49. The molecule has 0 bridgehead atoms. The van der Waals surface area contributed by atoms with Crippen molar-refractivity contribution >= 4 is 48.3 Å². The molecule has 0 fully saturated rings. The quantitative estimate of drug-likeness (QED) is 0.110. The summed E-state index contributed by atoms with van der Waals surface area (Å²) in [5, 5.41) is 33.6. The maximum Gasteiger partial charge on any atom is 0.326 e. The highest BCUT2D eigenvalue weighted by Gasteiger charge is 2.31. The van der Waals surface area contributed by atoms with Gasteiger partial charge in [0.15, 0.2) is 0 Å². The summed E-state index contributed by atoms with van der Waals surface area (Å²) in [7, 11) is 0. The first-order valence-corrected chi connectivity index (χ1v) is 10.5. The normalized spacial score (nSPS) is 14.2. The molecule has 1 aromatic heterocycles. The summed E-state index contributed by atoms with van der Waals surface area (Å²) in [6, 6.07) is -5.67. The molecule has 3 amide bonds. The van der Waals surface area contributed by atoms with Gasteiger partial charge in [-0.3, -0.25) is 24.0 Å². The number of aromatic amines is 1. The number of nitrogens with two attached hydrogens (primary N) is 1. The summed E-state index contributed by atoms with van der Waals surface area (Å²) in [6.45, 7) is 0. The lowest BCUT2D eigenvalue weighted by Crippen LogP contribution is -2.58. The van der Waals surface area contributed by atoms with Crippen LogP contribution in [0.15, 0.2) is 12.5 Å². The van der Waals surface area contributed by atoms with Gasteiger partial charge in [-0.2, -0.15) is 12.6 Å². The number of carbonyl (C=O) groups is 6. The molecule has 0 spiro atoms. The van der Waals surface area contributed by atoms with Gasteiger partial charge in [-0.15, -0.1) is 0 Å². The highest BCUT2D eigenvalue weighted by Crippen LogP contribution is 2.05. The van der Waals surface area contributed by atoms with Crippen molar-refractivity contribution in [1.82, 2.24) is 25.9 Å². The molecule has 188 valence electrons. The topological polar surface area (TPSA) is 254 Å². The standard InChI is InChI=1S/C18H26N6O9S/c19-9(6-34)15(29)22-10(1-2-13(25)26)16(30)23-11(3-8-5-20-7-21-8)17(31)24-12(18(32)33)4-14(27)28/h5,7,9-12,34H,1-4,6,19H2,(H,20,21)(H,22,29)(H,23,30)(H,24,31)(H,25,26)(H,27,28)(H,32,33). The molecule has 0 radical (unpaired) electrons. The average Bonchev–Trinajstić information content (AvgIpc) is 3.27. The predicted octanol–water partition coefficient (Wildman–Crippen LogP) is -2.91. The number of rotatable bonds is 15. The first kappa shape index (κ1) is 28.4. The molecule has 15 nitrogen and oxygen atoms in total. The summed E-state index contributed by atoms with van der Waals surface area (Å²) >= 11 is 3.88. The Morgan fingerprint density at radius 1 is 0.941 bits per heavy atom. The van der Waals surface area contributed by atoms with Crippen molar-refractivity contribution < 1.29 is 44.1 Å². The van der Waals surface area contributed by atoms with Gasteiger partial charge in [0.2, 0.25) is 17.7 Å². The summed E-state index contributed by atoms with van der Waals surface area (Å²) in [5.74, 6) is -7.10. The molecular formula is C18H26N6O9S. The first-order chi connectivity index (χ1) is 15.9. The van der Waals surface area contributed by atoms with Crippen LogP contribution in [0.5, 0.6) is 0 Å². The molecule has 0 aliphatic heterocycles. The minimum atomic E-state index is -1.78. The lowest BCUT2D eigenvalue weighted by atomic mass is 10.1. The fraction of sp³-hybridized carbons (Fsp3) is 0.500. The fourth-order valence-corrected chi connectivity index (χ4v) is 2.81. The Hall–Kier alpha value is -3.66. The molecule has 0 aliphatic carbocycles. The minimum absolute atomic E-state index is 0.0515. The van der Waals surface area contributed by atoms with E-state index >= 15 is 0 Å². The smallest absolute Gasteiger partial charge is 0.326 e. The number of imidazole rings is 1. The number of H-pyrrole nitrogens is 1. The van der Waals surface area contributed by atoms with E-state index in [1.54, 1.807) is 0 Å². The zero-order chi connectivity index (χ0) is 25.8. The van der Waals surface area contributed by atoms with Crippen LogP contribution in [0.25, 0.3) is 0 Å². The van der Waals surface area contributed by atoms with Crippen LogP contribution >= 0.6 is 12.6 Å². The monoisotopic (exact) mass is 502 g/mol. The number of carboxylic acid groups (broad SMARTS) is 3. The number of aromatic nitrogens is 2. The Labute approximate surface area is 198 Å². The Balaban J connectivity index is 3.08. The van der Waals surface area contributed by atoms with Crippen LogP contribution in [0.1, 0.15) is 25.0 Å². The van der Waals surface area contributed by atoms with E-state index in [4.69, 9.17) is 15.9 Å². The van der Waals surface area contributed by atoms with E-state index in [9.17, 15) is 33.9 Å². The van der Waals surface area contributed by atoms with Gasteiger partial charge in [0.25, 0.3) is 0 Å². The highest BCUT2D eigenvalue weighted by molar-refractivity contribution is 7.80. The number of hydrogen-bond donors (Lipinski definition) is 9. The van der Waals surface area contributed by atoms with Crippen LogP contribution in [0, 0.1) is 0 Å². The van der Waals surface area contributed by atoms with Gasteiger partial charge in [-0.05, 0) is 6.42 Å². The number of nitrogens with zero attached hydrogens (tertiary/aromatic N) is 1. The number of carbonyl (C=O) groups excluding carboxylic acids is 3. The molecule has 1 heterocycles. The maximum absolute atomic E-state index is 12.8. The molecule has 0 aromatic carbocycles. The molecule has 34 heavy (non-hydrogen) atoms. The van der Waals surface area contributed by atoms with E-state index in [-0.39, 0.29) is 18.6 Å². The molecule has 4 atom stereocenters. The molecular weight excluding hydrogens is 476 g/mol. The SMILES string of the molecule is NC(CS)C(=O)NC(CCC(=O)O)C(=O)NC(Cc1cnc[nH]1)C(=O)NC(CC(=O)O)C(=O)O. The van der Waals surface area contributed by atoms with Crippen LogP contribution in [-0.2, 0) is 35.2 Å². The third-order valence-corrected chi connectivity index (χ3v) is 4.81. The number of amides is 3. The number of nitrogens with one attached hydrogen (secondary N) is 4. The van der Waals surface area contributed by atoms with E-state index in [2.05, 4.69) is 33.2 Å². The molecule has 16 heteroatoms. The van der Waals surface area contributed by atoms with Gasteiger partial charge in [-0.1, -0.05) is 0 Å². The Bertz CT molecular complexity index is 894. The summed E-state index contributed by atoms with van der Waals surface area (Å²) in [4.78, 5) is 77.3. The van der Waals surface area contributed by atoms with E-state index in [1.807, 2.05) is 5.32 Å². The Morgan fingerprint density at radius 3 is 2.03 bits per heavy atom. The zero-order valence-electron chi connectivity index (χ0n) is 17.8. The highest BCUT2D eigenvalue weighted by atomic mass is 32.1. The van der Waals surface area contributed by atoms with E-state index in [1.165, 1.54) is 12.5 Å². The lowest BCUT2D eigenvalue weighted by molar-refractivity contribution is -0.147. The Morgan fingerprint density at radius 2 is 1.53 bits per heavy atom. The van der Waals surface area contributed by atoms with Gasteiger partial charge in [-0.25, -0.2) is 9.78 Å². The number of carboxylic acids is 3. The van der Waals surface area contributed by atoms with E-state index in [0.717, 1.165) is 0 Å². The summed E-state index contributed by atoms with van der Waals surface area (Å²) in [5.41, 5.74) is 5.94. The molecule has 0 saturated heterocycles. The predicted molar refractivity (Wildman–Crippen MR) is 117 cm³/mol. The molecule has 0 aliphatic rings. The van der Waals surface area contributed by atoms with Crippen molar-refractivity contribution in [1.29, 1.82) is 0 Å². The third kappa shape index (κ3) is 9.86. The van der Waals surface area contributed by atoms with Crippen molar-refractivity contribution in [2.75, 3.05) is 5.75 Å². The zero-order valence-corrected chi connectivity index (χ0v) is 18.7. The van der Waals surface area contributed by atoms with Gasteiger partial charge >= 0.3 is 17.9 Å². The van der Waals surface area contributed by atoms with Gasteiger partial charge in [0.1, 0.15) is 18.1 Å². The fourth-order valence-electron chi connectivity index (χ4n) is 2.64. The van der Waals surface area contributed by atoms with Gasteiger partial charge < -0.3 is 42.0 Å². The van der Waals surface area contributed by atoms with E-state index < -0.39 is 72.6 Å². The van der Waals surface area contributed by atoms with Gasteiger partial charge in [0, 0.05) is 30.5 Å². The molecule has 9 N–H and O–H groups in total. The van der Waals surface area contributed by atoms with E-state index in [0.29, 0.717) is 5.69 Å². The maximum atomic E-state index is 12.8. The Kier molecular flexibility index (Phi) is 11.5. The molecule has 4 unspecified atom stereocenters. The van der Waals surface area contributed by atoms with Crippen LogP contribution in [0.2, 0.25) is 0 Å². The van der Waals surface area contributed by atoms with Gasteiger partial charge in [0.05, 0.1) is 18.8 Å². The lowest BCUT2D eigenvalue weighted by Gasteiger charge is -2.24. The van der Waals surface area contributed by atoms with Crippen molar-refractivity contribution in [3.63, 3.8) is 0 Å². The molecule has 1 aromatic rings.